The Morgan fingerprint density at radius 2 is 1.77 bits per heavy atom. The van der Waals surface area contributed by atoms with Crippen LogP contribution in [0.15, 0.2) is 66.2 Å². The molecule has 0 amide bonds. The number of fused-ring (bicyclic) bond motifs is 2. The average Bonchev–Trinajstić information content (AvgIpc) is 3.50. The number of aromatic nitrogens is 6. The molecule has 31 heavy (non-hydrogen) atoms. The summed E-state index contributed by atoms with van der Waals surface area (Å²) in [7, 11) is 0. The van der Waals surface area contributed by atoms with Crippen molar-refractivity contribution in [2.24, 2.45) is 10.9 Å². The number of H-pyrrole nitrogens is 2. The Morgan fingerprint density at radius 3 is 2.58 bits per heavy atom. The molecule has 0 bridgehead atoms. The highest BCUT2D eigenvalue weighted by Crippen LogP contribution is 2.34. The highest BCUT2D eigenvalue weighted by Gasteiger charge is 2.21. The lowest BCUT2D eigenvalue weighted by Crippen LogP contribution is -2.04. The van der Waals surface area contributed by atoms with Crippen LogP contribution in [0.2, 0.25) is 0 Å². The number of nitrogens with zero attached hydrogens (tertiary/aromatic N) is 5. The Hall–Kier alpha value is -4.13. The van der Waals surface area contributed by atoms with Gasteiger partial charge < -0.3 is 4.98 Å². The number of nitrogens with one attached hydrogen (secondary N) is 2. The molecule has 2 N–H and O–H groups in total. The number of hydrogen-bond acceptors (Lipinski definition) is 5. The molecule has 1 aromatic carbocycles. The molecule has 4 aromatic heterocycles. The standard InChI is InChI=1S/C24H19N7/c1-13-14(2)27-12-18(13)16-3-4-19-17(11-16)22(31-30-19)24-28-20-7-10-26-21(23(20)29-24)15-5-8-25-9-6-15/h3-13H,1-2H3,(H,28,29)(H,30,31). The Kier molecular flexibility index (Phi) is 3.83. The van der Waals surface area contributed by atoms with E-state index in [1.807, 2.05) is 24.4 Å². The number of hydrogen-bond donors (Lipinski definition) is 2. The maximum Gasteiger partial charge on any atom is 0.159 e. The predicted octanol–water partition coefficient (Wildman–Crippen LogP) is 5.01. The first-order chi connectivity index (χ1) is 15.2. The Morgan fingerprint density at radius 1 is 0.903 bits per heavy atom. The smallest absolute Gasteiger partial charge is 0.159 e. The molecule has 0 aliphatic carbocycles. The molecule has 0 saturated carbocycles. The van der Waals surface area contributed by atoms with Gasteiger partial charge in [-0.05, 0) is 48.4 Å². The maximum absolute atomic E-state index is 4.88. The zero-order chi connectivity index (χ0) is 20.9. The number of benzene rings is 1. The van der Waals surface area contributed by atoms with Crippen LogP contribution in [0.25, 0.3) is 50.3 Å². The monoisotopic (exact) mass is 405 g/mol. The minimum absolute atomic E-state index is 0.313. The summed E-state index contributed by atoms with van der Waals surface area (Å²) in [6.45, 7) is 4.25. The number of allylic oxidation sites excluding steroid dienone is 1. The van der Waals surface area contributed by atoms with Gasteiger partial charge in [0.25, 0.3) is 0 Å². The summed E-state index contributed by atoms with van der Waals surface area (Å²) in [5.74, 6) is 1.02. The molecule has 7 nitrogen and oxygen atoms in total. The van der Waals surface area contributed by atoms with Crippen LogP contribution < -0.4 is 0 Å². The summed E-state index contributed by atoms with van der Waals surface area (Å²) in [5.41, 5.74) is 8.79. The lowest BCUT2D eigenvalue weighted by molar-refractivity contribution is 1.04. The average molecular weight is 405 g/mol. The van der Waals surface area contributed by atoms with E-state index in [0.717, 1.165) is 50.2 Å². The molecule has 0 spiro atoms. The zero-order valence-corrected chi connectivity index (χ0v) is 17.1. The van der Waals surface area contributed by atoms with Crippen molar-refractivity contribution in [2.75, 3.05) is 0 Å². The molecule has 6 rings (SSSR count). The zero-order valence-electron chi connectivity index (χ0n) is 17.1. The van der Waals surface area contributed by atoms with Gasteiger partial charge in [-0.3, -0.25) is 20.1 Å². The highest BCUT2D eigenvalue weighted by molar-refractivity contribution is 6.02. The largest absolute Gasteiger partial charge is 0.336 e. The molecule has 0 fully saturated rings. The van der Waals surface area contributed by atoms with Crippen LogP contribution in [0.1, 0.15) is 19.4 Å². The molecule has 5 aromatic rings. The first-order valence-electron chi connectivity index (χ1n) is 10.2. The van der Waals surface area contributed by atoms with Gasteiger partial charge in [-0.25, -0.2) is 4.98 Å². The third-order valence-electron chi connectivity index (χ3n) is 5.98. The highest BCUT2D eigenvalue weighted by atomic mass is 15.1. The van der Waals surface area contributed by atoms with Crippen LogP contribution in [0, 0.1) is 5.92 Å². The quantitative estimate of drug-likeness (QED) is 0.441. The van der Waals surface area contributed by atoms with Crippen molar-refractivity contribution in [3.63, 3.8) is 0 Å². The van der Waals surface area contributed by atoms with Gasteiger partial charge in [-0.1, -0.05) is 13.0 Å². The fraction of sp³-hybridized carbons (Fsp3) is 0.125. The molecule has 150 valence electrons. The number of aromatic amines is 2. The van der Waals surface area contributed by atoms with Gasteiger partial charge in [0.05, 0.1) is 16.7 Å². The molecule has 1 aliphatic heterocycles. The van der Waals surface area contributed by atoms with E-state index < -0.39 is 0 Å². The third kappa shape index (κ3) is 2.78. The number of imidazole rings is 1. The van der Waals surface area contributed by atoms with Crippen molar-refractivity contribution in [1.29, 1.82) is 0 Å². The topological polar surface area (TPSA) is 95.5 Å². The summed E-state index contributed by atoms with van der Waals surface area (Å²) in [6.07, 6.45) is 7.28. The van der Waals surface area contributed by atoms with Gasteiger partial charge >= 0.3 is 0 Å². The first kappa shape index (κ1) is 17.7. The molecular weight excluding hydrogens is 386 g/mol. The molecule has 1 aliphatic rings. The van der Waals surface area contributed by atoms with Crippen LogP contribution in [-0.2, 0) is 0 Å². The van der Waals surface area contributed by atoms with Crippen molar-refractivity contribution >= 4 is 33.2 Å². The molecule has 0 radical (unpaired) electrons. The van der Waals surface area contributed by atoms with Gasteiger partial charge in [0, 0.05) is 47.4 Å². The molecule has 0 saturated heterocycles. The Bertz CT molecular complexity index is 1510. The summed E-state index contributed by atoms with van der Waals surface area (Å²) >= 11 is 0. The maximum atomic E-state index is 4.88. The van der Waals surface area contributed by atoms with E-state index in [1.165, 1.54) is 5.57 Å². The summed E-state index contributed by atoms with van der Waals surface area (Å²) in [4.78, 5) is 21.4. The van der Waals surface area contributed by atoms with Crippen LogP contribution in [0.4, 0.5) is 0 Å². The van der Waals surface area contributed by atoms with Crippen LogP contribution in [0.3, 0.4) is 0 Å². The van der Waals surface area contributed by atoms with E-state index in [-0.39, 0.29) is 0 Å². The summed E-state index contributed by atoms with van der Waals surface area (Å²) < 4.78 is 0. The van der Waals surface area contributed by atoms with Crippen molar-refractivity contribution < 1.29 is 0 Å². The lowest BCUT2D eigenvalue weighted by Gasteiger charge is -2.10. The van der Waals surface area contributed by atoms with Crippen LogP contribution in [0.5, 0.6) is 0 Å². The van der Waals surface area contributed by atoms with Crippen molar-refractivity contribution in [2.45, 2.75) is 13.8 Å². The second kappa shape index (κ2) is 6.70. The molecule has 1 unspecified atom stereocenters. The Balaban J connectivity index is 1.49. The normalized spacial score (nSPS) is 16.1. The van der Waals surface area contributed by atoms with Crippen LogP contribution >= 0.6 is 0 Å². The third-order valence-corrected chi connectivity index (χ3v) is 5.98. The number of pyridine rings is 2. The van der Waals surface area contributed by atoms with E-state index in [1.54, 1.807) is 18.6 Å². The number of rotatable bonds is 3. The summed E-state index contributed by atoms with van der Waals surface area (Å²) in [5, 5.41) is 8.72. The van der Waals surface area contributed by atoms with Crippen molar-refractivity contribution in [1.82, 2.24) is 30.1 Å². The van der Waals surface area contributed by atoms with Gasteiger partial charge in [0.2, 0.25) is 0 Å². The van der Waals surface area contributed by atoms with Gasteiger partial charge in [-0.2, -0.15) is 5.10 Å². The lowest BCUT2D eigenvalue weighted by atomic mass is 9.92. The van der Waals surface area contributed by atoms with E-state index >= 15 is 0 Å². The van der Waals surface area contributed by atoms with Gasteiger partial charge in [-0.15, -0.1) is 0 Å². The second-order valence-electron chi connectivity index (χ2n) is 7.79. The van der Waals surface area contributed by atoms with E-state index in [4.69, 9.17) is 4.98 Å². The predicted molar refractivity (Wildman–Crippen MR) is 122 cm³/mol. The fourth-order valence-electron chi connectivity index (χ4n) is 4.09. The summed E-state index contributed by atoms with van der Waals surface area (Å²) in [6, 6.07) is 12.2. The first-order valence-corrected chi connectivity index (χ1v) is 10.2. The molecule has 7 heteroatoms. The molecule has 1 atom stereocenters. The SMILES string of the molecule is CC1=NC=C(c2ccc3[nH]nc(-c4nc5c(-c6ccncc6)nccc5[nH]4)c3c2)C1C. The Labute approximate surface area is 178 Å². The van der Waals surface area contributed by atoms with Crippen molar-refractivity contribution in [3.05, 3.63) is 66.8 Å². The van der Waals surface area contributed by atoms with Gasteiger partial charge in [0.15, 0.2) is 5.82 Å². The van der Waals surface area contributed by atoms with Crippen molar-refractivity contribution in [3.8, 4) is 22.8 Å². The van der Waals surface area contributed by atoms with E-state index in [0.29, 0.717) is 11.7 Å². The van der Waals surface area contributed by atoms with Crippen LogP contribution in [-0.4, -0.2) is 35.8 Å². The van der Waals surface area contributed by atoms with E-state index in [2.05, 4.69) is 62.2 Å². The minimum atomic E-state index is 0.313. The molecular formula is C24H19N7. The number of aliphatic imine (C=N–C) groups is 1. The van der Waals surface area contributed by atoms with E-state index in [9.17, 15) is 0 Å². The fourth-order valence-corrected chi connectivity index (χ4v) is 4.09. The minimum Gasteiger partial charge on any atom is -0.336 e. The second-order valence-corrected chi connectivity index (χ2v) is 7.79. The van der Waals surface area contributed by atoms with Gasteiger partial charge in [0.1, 0.15) is 11.2 Å². The molecule has 5 heterocycles.